The maximum absolute atomic E-state index is 5.78. The van der Waals surface area contributed by atoms with E-state index < -0.39 is 0 Å². The minimum atomic E-state index is 0.576. The molecule has 3 rings (SSSR count). The Morgan fingerprint density at radius 3 is 2.78 bits per heavy atom. The molecule has 0 saturated carbocycles. The molecule has 0 spiro atoms. The zero-order valence-electron chi connectivity index (χ0n) is 10.5. The maximum atomic E-state index is 5.78. The number of benzene rings is 1. The lowest BCUT2D eigenvalue weighted by molar-refractivity contribution is 1.19. The lowest BCUT2D eigenvalue weighted by Gasteiger charge is -2.11. The van der Waals surface area contributed by atoms with Crippen LogP contribution in [0.25, 0.3) is 22.0 Å². The summed E-state index contributed by atoms with van der Waals surface area (Å²) in [6.07, 6.45) is 1.96. The second-order valence-electron chi connectivity index (χ2n) is 4.57. The number of fused-ring (bicyclic) bond motifs is 1. The van der Waals surface area contributed by atoms with Crippen LogP contribution in [0.4, 0.5) is 5.82 Å². The number of rotatable bonds is 1. The summed E-state index contributed by atoms with van der Waals surface area (Å²) in [4.78, 5) is 7.66. The van der Waals surface area contributed by atoms with Gasteiger partial charge in [0.15, 0.2) is 0 Å². The Bertz CT molecular complexity index is 702. The number of hydrogen-bond donors (Lipinski definition) is 2. The highest BCUT2D eigenvalue weighted by atomic mass is 14.8. The van der Waals surface area contributed by atoms with Gasteiger partial charge in [-0.05, 0) is 36.9 Å². The fourth-order valence-corrected chi connectivity index (χ4v) is 2.56. The number of nitrogen functional groups attached to an aromatic ring is 1. The fraction of sp³-hybridized carbons (Fsp3) is 0.133. The second-order valence-corrected chi connectivity index (χ2v) is 4.57. The van der Waals surface area contributed by atoms with Gasteiger partial charge in [-0.1, -0.05) is 18.2 Å². The molecule has 0 radical (unpaired) electrons. The molecular weight excluding hydrogens is 222 g/mol. The van der Waals surface area contributed by atoms with Gasteiger partial charge in [-0.2, -0.15) is 0 Å². The quantitative estimate of drug-likeness (QED) is 0.681. The van der Waals surface area contributed by atoms with E-state index in [1.807, 2.05) is 19.2 Å². The highest BCUT2D eigenvalue weighted by Crippen LogP contribution is 2.32. The smallest absolute Gasteiger partial charge is 0.123 e. The molecule has 0 atom stereocenters. The number of hydrogen-bond acceptors (Lipinski definition) is 2. The van der Waals surface area contributed by atoms with E-state index in [2.05, 4.69) is 41.2 Å². The third-order valence-corrected chi connectivity index (χ3v) is 3.27. The molecular formula is C15H15N3. The second kappa shape index (κ2) is 3.88. The molecule has 0 aliphatic heterocycles. The van der Waals surface area contributed by atoms with E-state index in [0.29, 0.717) is 5.82 Å². The summed E-state index contributed by atoms with van der Waals surface area (Å²) in [5, 5.41) is 1.21. The predicted molar refractivity (Wildman–Crippen MR) is 75.4 cm³/mol. The molecule has 0 bridgehead atoms. The van der Waals surface area contributed by atoms with Crippen molar-refractivity contribution in [2.24, 2.45) is 0 Å². The van der Waals surface area contributed by atoms with Crippen molar-refractivity contribution in [3.8, 4) is 11.1 Å². The van der Waals surface area contributed by atoms with Gasteiger partial charge in [0.25, 0.3) is 0 Å². The summed E-state index contributed by atoms with van der Waals surface area (Å²) in [6, 6.07) is 10.3. The van der Waals surface area contributed by atoms with Gasteiger partial charge in [-0.15, -0.1) is 0 Å². The van der Waals surface area contributed by atoms with Gasteiger partial charge in [0.1, 0.15) is 5.82 Å². The topological polar surface area (TPSA) is 54.7 Å². The van der Waals surface area contributed by atoms with E-state index in [4.69, 9.17) is 5.73 Å². The van der Waals surface area contributed by atoms with Crippen molar-refractivity contribution in [2.75, 3.05) is 5.73 Å². The van der Waals surface area contributed by atoms with Gasteiger partial charge in [0.05, 0.1) is 5.52 Å². The first kappa shape index (κ1) is 10.8. The highest BCUT2D eigenvalue weighted by molar-refractivity contribution is 5.95. The number of aryl methyl sites for hydroxylation is 2. The summed E-state index contributed by atoms with van der Waals surface area (Å²) < 4.78 is 0. The molecule has 3 aromatic rings. The van der Waals surface area contributed by atoms with Gasteiger partial charge >= 0.3 is 0 Å². The molecule has 3 heteroatoms. The fourth-order valence-electron chi connectivity index (χ4n) is 2.56. The first-order valence-corrected chi connectivity index (χ1v) is 5.97. The van der Waals surface area contributed by atoms with Crippen LogP contribution in [0.2, 0.25) is 0 Å². The summed E-state index contributed by atoms with van der Waals surface area (Å²) in [5.74, 6) is 0.576. The molecule has 18 heavy (non-hydrogen) atoms. The molecule has 0 aliphatic carbocycles. The third kappa shape index (κ3) is 1.56. The molecule has 3 N–H and O–H groups in total. The summed E-state index contributed by atoms with van der Waals surface area (Å²) in [6.45, 7) is 4.07. The first-order chi connectivity index (χ1) is 8.66. The Morgan fingerprint density at radius 1 is 1.17 bits per heavy atom. The van der Waals surface area contributed by atoms with Gasteiger partial charge in [0.2, 0.25) is 0 Å². The Morgan fingerprint density at radius 2 is 2.00 bits per heavy atom. The minimum absolute atomic E-state index is 0.576. The molecule has 0 fully saturated rings. The van der Waals surface area contributed by atoms with Crippen LogP contribution >= 0.6 is 0 Å². The van der Waals surface area contributed by atoms with E-state index in [0.717, 1.165) is 22.3 Å². The van der Waals surface area contributed by atoms with Crippen LogP contribution in [0.1, 0.15) is 11.3 Å². The Balaban J connectivity index is 2.36. The number of H-pyrrole nitrogens is 1. The minimum Gasteiger partial charge on any atom is -0.384 e. The number of nitrogens with one attached hydrogen (secondary N) is 1. The summed E-state index contributed by atoms with van der Waals surface area (Å²) >= 11 is 0. The number of aromatic amines is 1. The SMILES string of the molecule is Cc1cc(N)nc(C)c1-c1cccc2cc[nH]c12. The Kier molecular flexibility index (Phi) is 2.33. The van der Waals surface area contributed by atoms with Crippen molar-refractivity contribution < 1.29 is 0 Å². The maximum Gasteiger partial charge on any atom is 0.123 e. The molecule has 3 nitrogen and oxygen atoms in total. The van der Waals surface area contributed by atoms with E-state index in [1.165, 1.54) is 10.9 Å². The van der Waals surface area contributed by atoms with Crippen molar-refractivity contribution in [1.82, 2.24) is 9.97 Å². The van der Waals surface area contributed by atoms with Gasteiger partial charge < -0.3 is 10.7 Å². The van der Waals surface area contributed by atoms with Crippen LogP contribution in [0.3, 0.4) is 0 Å². The molecule has 1 aromatic carbocycles. The van der Waals surface area contributed by atoms with Crippen molar-refractivity contribution >= 4 is 16.7 Å². The van der Waals surface area contributed by atoms with Crippen LogP contribution in [0.15, 0.2) is 36.5 Å². The zero-order chi connectivity index (χ0) is 12.7. The van der Waals surface area contributed by atoms with E-state index >= 15 is 0 Å². The van der Waals surface area contributed by atoms with Crippen LogP contribution in [-0.2, 0) is 0 Å². The average Bonchev–Trinajstić information content (AvgIpc) is 2.76. The van der Waals surface area contributed by atoms with E-state index in [-0.39, 0.29) is 0 Å². The lowest BCUT2D eigenvalue weighted by Crippen LogP contribution is -1.98. The van der Waals surface area contributed by atoms with E-state index in [1.54, 1.807) is 0 Å². The molecule has 0 amide bonds. The van der Waals surface area contributed by atoms with E-state index in [9.17, 15) is 0 Å². The monoisotopic (exact) mass is 237 g/mol. The predicted octanol–water partition coefficient (Wildman–Crippen LogP) is 3.43. The van der Waals surface area contributed by atoms with Gasteiger partial charge in [-0.3, -0.25) is 0 Å². The average molecular weight is 237 g/mol. The van der Waals surface area contributed by atoms with Crippen LogP contribution in [0, 0.1) is 13.8 Å². The zero-order valence-corrected chi connectivity index (χ0v) is 10.5. The summed E-state index contributed by atoms with van der Waals surface area (Å²) in [7, 11) is 0. The van der Waals surface area contributed by atoms with Crippen molar-refractivity contribution in [3.63, 3.8) is 0 Å². The largest absolute Gasteiger partial charge is 0.384 e. The first-order valence-electron chi connectivity index (χ1n) is 5.97. The van der Waals surface area contributed by atoms with Crippen molar-refractivity contribution in [3.05, 3.63) is 47.8 Å². The number of anilines is 1. The number of aromatic nitrogens is 2. The third-order valence-electron chi connectivity index (χ3n) is 3.27. The van der Waals surface area contributed by atoms with Crippen LogP contribution in [-0.4, -0.2) is 9.97 Å². The standard InChI is InChI=1S/C15H15N3/c1-9-8-13(16)18-10(2)14(9)12-5-3-4-11-6-7-17-15(11)12/h3-8,17H,1-2H3,(H2,16,18). The molecule has 90 valence electrons. The van der Waals surface area contributed by atoms with Crippen LogP contribution < -0.4 is 5.73 Å². The number of nitrogens with two attached hydrogens (primary N) is 1. The molecule has 0 aliphatic rings. The normalized spacial score (nSPS) is 11.0. The van der Waals surface area contributed by atoms with Crippen molar-refractivity contribution in [2.45, 2.75) is 13.8 Å². The highest BCUT2D eigenvalue weighted by Gasteiger charge is 2.11. The van der Waals surface area contributed by atoms with Gasteiger partial charge in [-0.25, -0.2) is 4.98 Å². The Labute approximate surface area is 106 Å². The van der Waals surface area contributed by atoms with Gasteiger partial charge in [0, 0.05) is 23.0 Å². The summed E-state index contributed by atoms with van der Waals surface area (Å²) in [5.41, 5.74) is 11.4. The number of pyridine rings is 1. The molecule has 2 heterocycles. The number of para-hydroxylation sites is 1. The Hall–Kier alpha value is -2.29. The molecule has 0 unspecified atom stereocenters. The lowest BCUT2D eigenvalue weighted by atomic mass is 9.97. The molecule has 2 aromatic heterocycles. The number of nitrogens with zero attached hydrogens (tertiary/aromatic N) is 1. The van der Waals surface area contributed by atoms with Crippen molar-refractivity contribution in [1.29, 1.82) is 0 Å². The molecule has 0 saturated heterocycles. The van der Waals surface area contributed by atoms with Crippen LogP contribution in [0.5, 0.6) is 0 Å².